The highest BCUT2D eigenvalue weighted by Crippen LogP contribution is 2.66. The van der Waals surface area contributed by atoms with Crippen molar-refractivity contribution in [2.45, 2.75) is 37.5 Å². The molecule has 0 N–H and O–H groups in total. The van der Waals surface area contributed by atoms with E-state index in [1.165, 1.54) is 0 Å². The number of benzene rings is 3. The van der Waals surface area contributed by atoms with Gasteiger partial charge in [0.1, 0.15) is 11.4 Å². The largest absolute Gasteiger partial charge is 0.376 e. The number of carbonyl (C=O) groups is 2. The number of Topliss-reactive ketones (excluding diaryl/α,β-unsaturated/α-hetero) is 1. The van der Waals surface area contributed by atoms with Gasteiger partial charge in [-0.3, -0.25) is 9.59 Å². The van der Waals surface area contributed by atoms with Crippen molar-refractivity contribution in [1.29, 1.82) is 0 Å². The molecule has 1 saturated heterocycles. The molecular weight excluding hydrogens is 474 g/mol. The quantitative estimate of drug-likeness (QED) is 0.396. The zero-order chi connectivity index (χ0) is 26.3. The summed E-state index contributed by atoms with van der Waals surface area (Å²) in [6, 6.07) is 30.7. The molecule has 4 bridgehead atoms. The molecule has 6 rings (SSSR count). The van der Waals surface area contributed by atoms with Crippen molar-refractivity contribution in [3.8, 4) is 0 Å². The van der Waals surface area contributed by atoms with Gasteiger partial charge in [0.05, 0.1) is 18.6 Å². The van der Waals surface area contributed by atoms with Gasteiger partial charge in [0, 0.05) is 39.0 Å². The van der Waals surface area contributed by atoms with E-state index in [1.54, 1.807) is 7.11 Å². The van der Waals surface area contributed by atoms with Gasteiger partial charge in [-0.15, -0.1) is 0 Å². The fourth-order valence-electron chi connectivity index (χ4n) is 7.97. The fourth-order valence-corrected chi connectivity index (χ4v) is 7.97. The maximum Gasteiger partial charge on any atom is 0.231 e. The van der Waals surface area contributed by atoms with Crippen molar-refractivity contribution in [3.63, 3.8) is 0 Å². The van der Waals surface area contributed by atoms with Gasteiger partial charge in [0.15, 0.2) is 0 Å². The minimum atomic E-state index is -0.691. The lowest BCUT2D eigenvalue weighted by molar-refractivity contribution is -0.155. The van der Waals surface area contributed by atoms with Gasteiger partial charge < -0.3 is 14.4 Å². The monoisotopic (exact) mass is 509 g/mol. The third-order valence-electron chi connectivity index (χ3n) is 9.56. The summed E-state index contributed by atoms with van der Waals surface area (Å²) in [6.45, 7) is 0.801. The second-order valence-corrected chi connectivity index (χ2v) is 11.2. The van der Waals surface area contributed by atoms with Gasteiger partial charge >= 0.3 is 0 Å². The summed E-state index contributed by atoms with van der Waals surface area (Å²) in [6.07, 6.45) is 1.56. The van der Waals surface area contributed by atoms with Crippen molar-refractivity contribution < 1.29 is 19.1 Å². The normalized spacial score (nSPS) is 28.2. The highest BCUT2D eigenvalue weighted by molar-refractivity contribution is 5.93. The van der Waals surface area contributed by atoms with Crippen molar-refractivity contribution >= 4 is 11.7 Å². The van der Waals surface area contributed by atoms with Gasteiger partial charge in [-0.25, -0.2) is 0 Å². The minimum absolute atomic E-state index is 0.0128. The van der Waals surface area contributed by atoms with E-state index in [-0.39, 0.29) is 35.5 Å². The molecule has 1 amide bonds. The Morgan fingerprint density at radius 2 is 1.39 bits per heavy atom. The summed E-state index contributed by atoms with van der Waals surface area (Å²) in [7, 11) is 3.69. The van der Waals surface area contributed by atoms with Crippen LogP contribution in [0.15, 0.2) is 91.0 Å². The molecular formula is C33H35NO4. The second kappa shape index (κ2) is 9.79. The number of carbonyl (C=O) groups excluding carboxylic acids is 2. The van der Waals surface area contributed by atoms with Crippen molar-refractivity contribution in [1.82, 2.24) is 4.90 Å². The lowest BCUT2D eigenvalue weighted by atomic mass is 9.63. The Bertz CT molecular complexity index is 1250. The van der Waals surface area contributed by atoms with E-state index in [4.69, 9.17) is 9.47 Å². The lowest BCUT2D eigenvalue weighted by Crippen LogP contribution is -2.53. The fraction of sp³-hybridized carbons (Fsp3) is 0.394. The number of ether oxygens (including phenoxy) is 2. The molecule has 5 atom stereocenters. The highest BCUT2D eigenvalue weighted by Gasteiger charge is 2.73. The van der Waals surface area contributed by atoms with Crippen molar-refractivity contribution in [2.24, 2.45) is 23.2 Å². The molecule has 3 aromatic carbocycles. The first-order valence-corrected chi connectivity index (χ1v) is 13.6. The Balaban J connectivity index is 1.38. The van der Waals surface area contributed by atoms with Crippen LogP contribution in [0.2, 0.25) is 0 Å². The average Bonchev–Trinajstić information content (AvgIpc) is 3.24. The van der Waals surface area contributed by atoms with E-state index < -0.39 is 11.0 Å². The average molecular weight is 510 g/mol. The Labute approximate surface area is 224 Å². The first kappa shape index (κ1) is 25.0. The van der Waals surface area contributed by atoms with E-state index in [0.717, 1.165) is 16.7 Å². The molecule has 2 saturated carbocycles. The van der Waals surface area contributed by atoms with Crippen LogP contribution in [0.25, 0.3) is 0 Å². The molecule has 5 nitrogen and oxygen atoms in total. The molecule has 3 aliphatic rings. The van der Waals surface area contributed by atoms with Crippen LogP contribution in [0.1, 0.15) is 36.0 Å². The maximum atomic E-state index is 13.9. The van der Waals surface area contributed by atoms with Gasteiger partial charge in [-0.1, -0.05) is 91.0 Å². The number of ketones is 1. The number of piperidine rings is 1. The van der Waals surface area contributed by atoms with Crippen LogP contribution < -0.4 is 0 Å². The first-order valence-electron chi connectivity index (χ1n) is 13.6. The third-order valence-corrected chi connectivity index (χ3v) is 9.56. The van der Waals surface area contributed by atoms with Gasteiger partial charge in [0.25, 0.3) is 0 Å². The molecule has 196 valence electrons. The molecule has 1 heterocycles. The number of likely N-dealkylation sites (tertiary alicyclic amines) is 1. The number of amides is 1. The van der Waals surface area contributed by atoms with Crippen LogP contribution in [0, 0.1) is 23.2 Å². The summed E-state index contributed by atoms with van der Waals surface area (Å²) in [4.78, 5) is 28.8. The molecule has 0 spiro atoms. The van der Waals surface area contributed by atoms with Crippen LogP contribution in [0.3, 0.4) is 0 Å². The summed E-state index contributed by atoms with van der Waals surface area (Å²) in [5.74, 6) is 0.400. The number of hydrogen-bond acceptors (Lipinski definition) is 4. The van der Waals surface area contributed by atoms with Crippen LogP contribution >= 0.6 is 0 Å². The van der Waals surface area contributed by atoms with E-state index in [9.17, 15) is 9.59 Å². The molecule has 38 heavy (non-hydrogen) atoms. The van der Waals surface area contributed by atoms with E-state index in [1.807, 2.05) is 78.7 Å². The Hall–Kier alpha value is -3.28. The SMILES string of the molecule is COC(C[C@@H]1[C@H]2[C@H]3CC(=O)C[C@@H]1[C@@]3(COCc1ccccc1)C(=O)N2C)(c1ccccc1)c1ccccc1. The predicted octanol–water partition coefficient (Wildman–Crippen LogP) is 5.24. The first-order chi connectivity index (χ1) is 18.5. The van der Waals surface area contributed by atoms with E-state index >= 15 is 0 Å². The summed E-state index contributed by atoms with van der Waals surface area (Å²) in [5.41, 5.74) is 1.90. The highest BCUT2D eigenvalue weighted by atomic mass is 16.5. The van der Waals surface area contributed by atoms with Gasteiger partial charge in [-0.05, 0) is 34.9 Å². The predicted molar refractivity (Wildman–Crippen MR) is 145 cm³/mol. The van der Waals surface area contributed by atoms with Crippen molar-refractivity contribution in [3.05, 3.63) is 108 Å². The second-order valence-electron chi connectivity index (χ2n) is 11.2. The summed E-state index contributed by atoms with van der Waals surface area (Å²) >= 11 is 0. The molecule has 3 aromatic rings. The molecule has 0 radical (unpaired) electrons. The Morgan fingerprint density at radius 3 is 1.97 bits per heavy atom. The number of nitrogens with zero attached hydrogens (tertiary/aromatic N) is 1. The maximum absolute atomic E-state index is 13.9. The van der Waals surface area contributed by atoms with Crippen LogP contribution in [0.5, 0.6) is 0 Å². The zero-order valence-electron chi connectivity index (χ0n) is 22.1. The standard InChI is InChI=1S/C33H35NO4/c1-34-30-27(20-33(37-2,24-14-8-4-9-15-24)25-16-10-5-11-17-25)28-18-26(35)19-29(30)32(28,31(34)36)22-38-21-23-12-6-3-7-13-23/h3-17,27-30H,18-22H2,1-2H3/t27-,28-,29+,30-,32+/m0/s1. The van der Waals surface area contributed by atoms with Crippen LogP contribution in [0.4, 0.5) is 0 Å². The van der Waals surface area contributed by atoms with E-state index in [2.05, 4.69) is 24.3 Å². The molecule has 0 unspecified atom stereocenters. The third kappa shape index (κ3) is 3.75. The van der Waals surface area contributed by atoms with E-state index in [0.29, 0.717) is 32.5 Å². The molecule has 2 aliphatic carbocycles. The molecule has 1 aliphatic heterocycles. The molecule has 0 aromatic heterocycles. The summed E-state index contributed by atoms with van der Waals surface area (Å²) in [5, 5.41) is 0. The summed E-state index contributed by atoms with van der Waals surface area (Å²) < 4.78 is 12.8. The molecule has 5 heteroatoms. The van der Waals surface area contributed by atoms with Gasteiger partial charge in [-0.2, -0.15) is 0 Å². The number of rotatable bonds is 9. The number of hydrogen-bond donors (Lipinski definition) is 0. The lowest BCUT2D eigenvalue weighted by Gasteiger charge is -2.46. The topological polar surface area (TPSA) is 55.8 Å². The Morgan fingerprint density at radius 1 is 0.842 bits per heavy atom. The van der Waals surface area contributed by atoms with Crippen LogP contribution in [-0.4, -0.2) is 43.4 Å². The van der Waals surface area contributed by atoms with Gasteiger partial charge in [0.2, 0.25) is 5.91 Å². The minimum Gasteiger partial charge on any atom is -0.376 e. The smallest absolute Gasteiger partial charge is 0.231 e. The zero-order valence-corrected chi connectivity index (χ0v) is 22.1. The van der Waals surface area contributed by atoms with Crippen molar-refractivity contribution in [2.75, 3.05) is 20.8 Å². The number of methoxy groups -OCH3 is 1. The molecule has 3 fully saturated rings. The Kier molecular flexibility index (Phi) is 6.45. The van der Waals surface area contributed by atoms with Crippen LogP contribution in [-0.2, 0) is 31.3 Å².